The molecule has 0 amide bonds. The molecule has 2 aromatic rings. The van der Waals surface area contributed by atoms with Crippen molar-refractivity contribution in [2.45, 2.75) is 25.7 Å². The maximum Gasteiger partial charge on any atom is 0.341 e. The molecule has 1 aromatic carbocycles. The summed E-state index contributed by atoms with van der Waals surface area (Å²) in [6.07, 6.45) is 0. The minimum absolute atomic E-state index is 0.153. The van der Waals surface area contributed by atoms with Crippen LogP contribution in [0.25, 0.3) is 0 Å². The summed E-state index contributed by atoms with van der Waals surface area (Å²) in [6, 6.07) is 6.35. The molecule has 0 unspecified atom stereocenters. The highest BCUT2D eigenvalue weighted by atomic mass is 32.2. The Kier molecular flexibility index (Phi) is 7.16. The third kappa shape index (κ3) is 4.88. The molecule has 0 fully saturated rings. The molecule has 2 N–H and O–H groups in total. The first-order valence-corrected chi connectivity index (χ1v) is 11.1. The fourth-order valence-electron chi connectivity index (χ4n) is 2.37. The van der Waals surface area contributed by atoms with Crippen LogP contribution in [0.15, 0.2) is 29.2 Å². The molecule has 0 spiro atoms. The van der Waals surface area contributed by atoms with Gasteiger partial charge < -0.3 is 15.4 Å². The third-order valence-electron chi connectivity index (χ3n) is 3.96. The number of nitrogens with zero attached hydrogens (tertiary/aromatic N) is 1. The number of thiocarbonyl (C=S) groups is 1. The zero-order chi connectivity index (χ0) is 21.1. The number of hydrogen-bond acceptors (Lipinski definition) is 6. The van der Waals surface area contributed by atoms with Gasteiger partial charge in [0.15, 0.2) is 5.11 Å². The Labute approximate surface area is 174 Å². The fraction of sp³-hybridized carbons (Fsp3) is 0.333. The van der Waals surface area contributed by atoms with Gasteiger partial charge in [-0.05, 0) is 56.8 Å². The second-order valence-corrected chi connectivity index (χ2v) is 9.89. The van der Waals surface area contributed by atoms with Crippen LogP contribution in [0.2, 0.25) is 0 Å². The molecule has 0 saturated heterocycles. The second kappa shape index (κ2) is 8.99. The summed E-state index contributed by atoms with van der Waals surface area (Å²) in [6.45, 7) is 5.80. The van der Waals surface area contributed by atoms with E-state index in [0.717, 1.165) is 14.7 Å². The molecule has 0 aliphatic carbocycles. The molecule has 7 nitrogen and oxygen atoms in total. The van der Waals surface area contributed by atoms with Crippen LogP contribution >= 0.6 is 23.6 Å². The number of benzene rings is 1. The van der Waals surface area contributed by atoms with E-state index in [1.807, 2.05) is 13.8 Å². The van der Waals surface area contributed by atoms with Gasteiger partial charge in [0.05, 0.1) is 17.1 Å². The number of carbonyl (C=O) groups is 1. The van der Waals surface area contributed by atoms with E-state index in [0.29, 0.717) is 16.3 Å². The average molecular weight is 442 g/mol. The molecule has 0 bridgehead atoms. The van der Waals surface area contributed by atoms with Crippen LogP contribution in [-0.2, 0) is 14.8 Å². The summed E-state index contributed by atoms with van der Waals surface area (Å²) < 4.78 is 30.8. The Morgan fingerprint density at radius 2 is 1.93 bits per heavy atom. The van der Waals surface area contributed by atoms with Crippen LogP contribution in [0.1, 0.15) is 27.7 Å². The van der Waals surface area contributed by atoms with Crippen molar-refractivity contribution in [2.75, 3.05) is 31.3 Å². The first-order valence-electron chi connectivity index (χ1n) is 8.45. The van der Waals surface area contributed by atoms with Crippen molar-refractivity contribution < 1.29 is 17.9 Å². The minimum atomic E-state index is -3.55. The van der Waals surface area contributed by atoms with Crippen LogP contribution < -0.4 is 10.6 Å². The third-order valence-corrected chi connectivity index (χ3v) is 7.10. The number of thiophene rings is 1. The van der Waals surface area contributed by atoms with Crippen LogP contribution in [-0.4, -0.2) is 44.5 Å². The standard InChI is InChI=1S/C18H23N3O4S3/c1-6-25-17(22)15-11(2)12(3)27-16(15)20-18(26)19-13-8-7-9-14(10-13)28(23,24)21(4)5/h7-10H,6H2,1-5H3,(H2,19,20,26). The van der Waals surface area contributed by atoms with Gasteiger partial charge in [-0.2, -0.15) is 0 Å². The summed E-state index contributed by atoms with van der Waals surface area (Å²) in [5.74, 6) is -0.409. The van der Waals surface area contributed by atoms with Crippen molar-refractivity contribution in [3.63, 3.8) is 0 Å². The molecule has 0 aliphatic heterocycles. The molecule has 10 heteroatoms. The molecule has 0 aliphatic rings. The molecule has 28 heavy (non-hydrogen) atoms. The minimum Gasteiger partial charge on any atom is -0.462 e. The van der Waals surface area contributed by atoms with Gasteiger partial charge >= 0.3 is 5.97 Å². The number of esters is 1. The van der Waals surface area contributed by atoms with Gasteiger partial charge in [0, 0.05) is 24.7 Å². The van der Waals surface area contributed by atoms with Crippen molar-refractivity contribution >= 4 is 55.3 Å². The van der Waals surface area contributed by atoms with E-state index < -0.39 is 16.0 Å². The van der Waals surface area contributed by atoms with E-state index in [1.165, 1.54) is 37.6 Å². The molecule has 0 atom stereocenters. The lowest BCUT2D eigenvalue weighted by Gasteiger charge is -2.14. The SMILES string of the molecule is CCOC(=O)c1c(NC(=S)Nc2cccc(S(=O)(=O)N(C)C)c2)sc(C)c1C. The average Bonchev–Trinajstić information content (AvgIpc) is 2.88. The number of anilines is 2. The van der Waals surface area contributed by atoms with E-state index in [2.05, 4.69) is 10.6 Å². The normalized spacial score (nSPS) is 11.4. The van der Waals surface area contributed by atoms with Gasteiger partial charge in [0.1, 0.15) is 5.00 Å². The van der Waals surface area contributed by atoms with Crippen molar-refractivity contribution in [1.29, 1.82) is 0 Å². The largest absolute Gasteiger partial charge is 0.462 e. The van der Waals surface area contributed by atoms with Gasteiger partial charge in [-0.15, -0.1) is 11.3 Å². The number of sulfonamides is 1. The summed E-state index contributed by atoms with van der Waals surface area (Å²) in [5, 5.41) is 6.81. The first-order chi connectivity index (χ1) is 13.1. The maximum atomic E-state index is 12.3. The Morgan fingerprint density at radius 1 is 1.25 bits per heavy atom. The van der Waals surface area contributed by atoms with Crippen LogP contribution in [0.4, 0.5) is 10.7 Å². The number of nitrogens with one attached hydrogen (secondary N) is 2. The molecule has 1 aromatic heterocycles. The van der Waals surface area contributed by atoms with Gasteiger partial charge in [0.25, 0.3) is 0 Å². The number of aryl methyl sites for hydroxylation is 1. The van der Waals surface area contributed by atoms with Gasteiger partial charge in [-0.1, -0.05) is 6.07 Å². The highest BCUT2D eigenvalue weighted by Gasteiger charge is 2.22. The smallest absolute Gasteiger partial charge is 0.341 e. The number of carbonyl (C=O) groups excluding carboxylic acids is 1. The lowest BCUT2D eigenvalue weighted by molar-refractivity contribution is 0.0527. The quantitative estimate of drug-likeness (QED) is 0.523. The summed E-state index contributed by atoms with van der Waals surface area (Å²) >= 11 is 6.75. The summed E-state index contributed by atoms with van der Waals surface area (Å²) in [5.41, 5.74) is 1.81. The monoisotopic (exact) mass is 441 g/mol. The molecule has 0 radical (unpaired) electrons. The Morgan fingerprint density at radius 3 is 2.54 bits per heavy atom. The topological polar surface area (TPSA) is 87.7 Å². The van der Waals surface area contributed by atoms with E-state index >= 15 is 0 Å². The van der Waals surface area contributed by atoms with Crippen molar-refractivity contribution in [3.8, 4) is 0 Å². The van der Waals surface area contributed by atoms with E-state index in [9.17, 15) is 13.2 Å². The van der Waals surface area contributed by atoms with E-state index in [-0.39, 0.29) is 16.6 Å². The highest BCUT2D eigenvalue weighted by Crippen LogP contribution is 2.33. The second-order valence-electron chi connectivity index (χ2n) is 6.10. The molecule has 152 valence electrons. The number of ether oxygens (including phenoxy) is 1. The van der Waals surface area contributed by atoms with Crippen LogP contribution in [0.3, 0.4) is 0 Å². The predicted molar refractivity (Wildman–Crippen MR) is 117 cm³/mol. The number of hydrogen-bond donors (Lipinski definition) is 2. The summed E-state index contributed by atoms with van der Waals surface area (Å²) in [7, 11) is -0.606. The predicted octanol–water partition coefficient (Wildman–Crippen LogP) is 3.60. The molecule has 0 saturated carbocycles. The molecular formula is C18H23N3O4S3. The molecule has 1 heterocycles. The Bertz CT molecular complexity index is 997. The Balaban J connectivity index is 2.22. The maximum absolute atomic E-state index is 12.3. The molecule has 2 rings (SSSR count). The Hall–Kier alpha value is -2.01. The van der Waals surface area contributed by atoms with E-state index in [1.54, 1.807) is 19.1 Å². The number of rotatable bonds is 6. The van der Waals surface area contributed by atoms with E-state index in [4.69, 9.17) is 17.0 Å². The lowest BCUT2D eigenvalue weighted by atomic mass is 10.1. The van der Waals surface area contributed by atoms with Crippen LogP contribution in [0, 0.1) is 13.8 Å². The lowest BCUT2D eigenvalue weighted by Crippen LogP contribution is -2.23. The zero-order valence-electron chi connectivity index (χ0n) is 16.3. The fourth-order valence-corrected chi connectivity index (χ4v) is 4.66. The molecular weight excluding hydrogens is 418 g/mol. The van der Waals surface area contributed by atoms with Crippen molar-refractivity contribution in [1.82, 2.24) is 4.31 Å². The highest BCUT2D eigenvalue weighted by molar-refractivity contribution is 7.89. The first kappa shape index (κ1) is 22.3. The van der Waals surface area contributed by atoms with Gasteiger partial charge in [-0.25, -0.2) is 17.5 Å². The zero-order valence-corrected chi connectivity index (χ0v) is 18.8. The van der Waals surface area contributed by atoms with Gasteiger partial charge in [0.2, 0.25) is 10.0 Å². The van der Waals surface area contributed by atoms with Gasteiger partial charge in [-0.3, -0.25) is 0 Å². The van der Waals surface area contributed by atoms with Crippen molar-refractivity contribution in [3.05, 3.63) is 40.3 Å². The van der Waals surface area contributed by atoms with Crippen LogP contribution in [0.5, 0.6) is 0 Å². The summed E-state index contributed by atoms with van der Waals surface area (Å²) in [4.78, 5) is 13.4. The van der Waals surface area contributed by atoms with Crippen molar-refractivity contribution in [2.24, 2.45) is 0 Å².